The average Bonchev–Trinajstić information content (AvgIpc) is 2.84. The van der Waals surface area contributed by atoms with Crippen LogP contribution in [0.1, 0.15) is 0 Å². The van der Waals surface area contributed by atoms with Crippen molar-refractivity contribution in [3.8, 4) is 11.5 Å². The van der Waals surface area contributed by atoms with Crippen LogP contribution in [0.15, 0.2) is 70.5 Å². The number of aromatic nitrogens is 1. The van der Waals surface area contributed by atoms with Gasteiger partial charge in [-0.05, 0) is 30.3 Å². The smallest absolute Gasteiger partial charge is 0.142 e. The number of aryl methyl sites for hydroxylation is 1. The molecule has 0 radical (unpaired) electrons. The van der Waals surface area contributed by atoms with Crippen molar-refractivity contribution in [3.63, 3.8) is 0 Å². The van der Waals surface area contributed by atoms with E-state index in [2.05, 4.69) is 60.1 Å². The first kappa shape index (κ1) is 12.2. The van der Waals surface area contributed by atoms with Crippen molar-refractivity contribution in [1.82, 2.24) is 4.57 Å². The van der Waals surface area contributed by atoms with E-state index in [1.54, 1.807) is 11.8 Å². The maximum Gasteiger partial charge on any atom is 0.142 e. The van der Waals surface area contributed by atoms with Crippen molar-refractivity contribution in [3.05, 3.63) is 60.7 Å². The molecule has 0 fully saturated rings. The van der Waals surface area contributed by atoms with Crippen molar-refractivity contribution in [2.24, 2.45) is 7.05 Å². The van der Waals surface area contributed by atoms with Crippen LogP contribution in [0, 0.1) is 0 Å². The predicted octanol–water partition coefficient (Wildman–Crippen LogP) is 5.59. The Bertz CT molecular complexity index is 1050. The Hall–Kier alpha value is -2.39. The minimum atomic E-state index is 0.944. The van der Waals surface area contributed by atoms with Gasteiger partial charge in [0.25, 0.3) is 0 Å². The van der Waals surface area contributed by atoms with Gasteiger partial charge in [-0.25, -0.2) is 0 Å². The zero-order chi connectivity index (χ0) is 14.7. The third kappa shape index (κ3) is 1.57. The van der Waals surface area contributed by atoms with Gasteiger partial charge in [0.1, 0.15) is 11.5 Å². The van der Waals surface area contributed by atoms with Crippen LogP contribution in [0.2, 0.25) is 0 Å². The SMILES string of the molecule is Cn1c2ccccc2c2cc3c(cc21)Sc1ccccc1O3. The lowest BCUT2D eigenvalue weighted by atomic mass is 10.1. The van der Waals surface area contributed by atoms with E-state index in [9.17, 15) is 0 Å². The highest BCUT2D eigenvalue weighted by Gasteiger charge is 2.20. The van der Waals surface area contributed by atoms with Crippen molar-refractivity contribution >= 4 is 33.6 Å². The van der Waals surface area contributed by atoms with E-state index < -0.39 is 0 Å². The summed E-state index contributed by atoms with van der Waals surface area (Å²) in [6, 6.07) is 21.1. The first-order chi connectivity index (χ1) is 10.8. The normalized spacial score (nSPS) is 13.0. The highest BCUT2D eigenvalue weighted by atomic mass is 32.2. The number of benzene rings is 3. The first-order valence-corrected chi connectivity index (χ1v) is 8.09. The fraction of sp³-hybridized carbons (Fsp3) is 0.0526. The molecule has 3 aromatic carbocycles. The van der Waals surface area contributed by atoms with Crippen molar-refractivity contribution < 1.29 is 4.74 Å². The van der Waals surface area contributed by atoms with Gasteiger partial charge in [-0.2, -0.15) is 0 Å². The summed E-state index contributed by atoms with van der Waals surface area (Å²) in [5.41, 5.74) is 2.50. The summed E-state index contributed by atoms with van der Waals surface area (Å²) in [5.74, 6) is 1.90. The first-order valence-electron chi connectivity index (χ1n) is 7.27. The van der Waals surface area contributed by atoms with Gasteiger partial charge in [0.15, 0.2) is 0 Å². The van der Waals surface area contributed by atoms with Crippen LogP contribution in [-0.2, 0) is 7.05 Å². The van der Waals surface area contributed by atoms with Crippen LogP contribution in [0.25, 0.3) is 21.8 Å². The van der Waals surface area contributed by atoms with Gasteiger partial charge < -0.3 is 9.30 Å². The Balaban J connectivity index is 1.82. The molecule has 3 heteroatoms. The molecule has 0 N–H and O–H groups in total. The molecule has 1 aromatic heterocycles. The molecule has 0 bridgehead atoms. The zero-order valence-electron chi connectivity index (χ0n) is 12.0. The molecule has 0 aliphatic carbocycles. The summed E-state index contributed by atoms with van der Waals surface area (Å²) in [6.45, 7) is 0. The second-order valence-corrected chi connectivity index (χ2v) is 6.63. The molecule has 22 heavy (non-hydrogen) atoms. The maximum absolute atomic E-state index is 6.11. The van der Waals surface area contributed by atoms with Crippen LogP contribution in [-0.4, -0.2) is 4.57 Å². The molecule has 0 spiro atoms. The van der Waals surface area contributed by atoms with Crippen molar-refractivity contribution in [2.75, 3.05) is 0 Å². The number of rotatable bonds is 0. The third-order valence-corrected chi connectivity index (χ3v) is 5.36. The van der Waals surface area contributed by atoms with E-state index in [0.29, 0.717) is 0 Å². The molecule has 1 aliphatic heterocycles. The lowest BCUT2D eigenvalue weighted by molar-refractivity contribution is 0.455. The lowest BCUT2D eigenvalue weighted by Gasteiger charge is -2.19. The van der Waals surface area contributed by atoms with Crippen LogP contribution in [0.3, 0.4) is 0 Å². The number of nitrogens with zero attached hydrogens (tertiary/aromatic N) is 1. The molecule has 4 aromatic rings. The molecule has 0 amide bonds. The van der Waals surface area contributed by atoms with Gasteiger partial charge in [-0.1, -0.05) is 42.1 Å². The molecule has 2 heterocycles. The Morgan fingerprint density at radius 3 is 2.55 bits per heavy atom. The molecule has 0 saturated heterocycles. The molecule has 0 atom stereocenters. The maximum atomic E-state index is 6.11. The number of hydrogen-bond donors (Lipinski definition) is 0. The van der Waals surface area contributed by atoms with Crippen molar-refractivity contribution in [1.29, 1.82) is 0 Å². The average molecular weight is 303 g/mol. The van der Waals surface area contributed by atoms with Crippen molar-refractivity contribution in [2.45, 2.75) is 9.79 Å². The molecule has 0 saturated carbocycles. The van der Waals surface area contributed by atoms with Crippen LogP contribution < -0.4 is 4.74 Å². The monoisotopic (exact) mass is 303 g/mol. The third-order valence-electron chi connectivity index (χ3n) is 4.27. The summed E-state index contributed by atoms with van der Waals surface area (Å²) < 4.78 is 8.37. The predicted molar refractivity (Wildman–Crippen MR) is 91.1 cm³/mol. The molecule has 106 valence electrons. The van der Waals surface area contributed by atoms with E-state index >= 15 is 0 Å². The highest BCUT2D eigenvalue weighted by Crippen LogP contribution is 2.48. The van der Waals surface area contributed by atoms with E-state index in [-0.39, 0.29) is 0 Å². The van der Waals surface area contributed by atoms with Gasteiger partial charge in [0.2, 0.25) is 0 Å². The Morgan fingerprint density at radius 2 is 1.59 bits per heavy atom. The summed E-state index contributed by atoms with van der Waals surface area (Å²) in [6.07, 6.45) is 0. The molecular weight excluding hydrogens is 290 g/mol. The molecule has 1 aliphatic rings. The number of hydrogen-bond acceptors (Lipinski definition) is 2. The highest BCUT2D eigenvalue weighted by molar-refractivity contribution is 7.99. The van der Waals surface area contributed by atoms with E-state index in [1.165, 1.54) is 31.6 Å². The van der Waals surface area contributed by atoms with Gasteiger partial charge in [0.05, 0.1) is 15.3 Å². The summed E-state index contributed by atoms with van der Waals surface area (Å²) in [5, 5.41) is 2.52. The Labute approximate surface area is 132 Å². The van der Waals surface area contributed by atoms with Crippen LogP contribution in [0.4, 0.5) is 0 Å². The standard InChI is InChI=1S/C19H13NOS/c1-20-14-7-3-2-6-12(14)13-10-17-19(11-15(13)20)22-18-9-5-4-8-16(18)21-17/h2-11H,1H3. The molecule has 0 unspecified atom stereocenters. The van der Waals surface area contributed by atoms with Gasteiger partial charge in [-0.15, -0.1) is 0 Å². The molecular formula is C19H13NOS. The summed E-state index contributed by atoms with van der Waals surface area (Å²) >= 11 is 1.78. The van der Waals surface area contributed by atoms with E-state index in [1.807, 2.05) is 12.1 Å². The van der Waals surface area contributed by atoms with Crippen LogP contribution >= 0.6 is 11.8 Å². The molecule has 5 rings (SSSR count). The number of para-hydroxylation sites is 2. The Kier molecular flexibility index (Phi) is 2.38. The van der Waals surface area contributed by atoms with Gasteiger partial charge >= 0.3 is 0 Å². The Morgan fingerprint density at radius 1 is 0.773 bits per heavy atom. The van der Waals surface area contributed by atoms with E-state index in [0.717, 1.165) is 11.5 Å². The summed E-state index contributed by atoms with van der Waals surface area (Å²) in [4.78, 5) is 2.35. The quantitative estimate of drug-likeness (QED) is 0.370. The van der Waals surface area contributed by atoms with E-state index in [4.69, 9.17) is 4.74 Å². The topological polar surface area (TPSA) is 14.2 Å². The lowest BCUT2D eigenvalue weighted by Crippen LogP contribution is -1.95. The second kappa shape index (κ2) is 4.31. The number of fused-ring (bicyclic) bond motifs is 5. The largest absolute Gasteiger partial charge is 0.455 e. The zero-order valence-corrected chi connectivity index (χ0v) is 12.9. The van der Waals surface area contributed by atoms with Crippen LogP contribution in [0.5, 0.6) is 11.5 Å². The number of ether oxygens (including phenoxy) is 1. The van der Waals surface area contributed by atoms with Gasteiger partial charge in [0, 0.05) is 23.3 Å². The summed E-state index contributed by atoms with van der Waals surface area (Å²) in [7, 11) is 2.12. The minimum Gasteiger partial charge on any atom is -0.455 e. The second-order valence-electron chi connectivity index (χ2n) is 5.54. The van der Waals surface area contributed by atoms with Gasteiger partial charge in [-0.3, -0.25) is 0 Å². The fourth-order valence-corrected chi connectivity index (χ4v) is 4.15. The fourth-order valence-electron chi connectivity index (χ4n) is 3.18. The molecule has 2 nitrogen and oxygen atoms in total. The minimum absolute atomic E-state index is 0.944.